The van der Waals surface area contributed by atoms with Crippen LogP contribution in [0.15, 0.2) is 40.9 Å². The standard InChI is InChI=1S/C15H17BrS/c1-2-3-4-5-14-10-11-15(17-14)12-6-8-13(16)9-7-12/h6-11H,2-5H2,1H3. The van der Waals surface area contributed by atoms with Crippen molar-refractivity contribution in [2.45, 2.75) is 32.6 Å². The SMILES string of the molecule is CCCCCc1ccc(-c2ccc(Br)cc2)s1. The van der Waals surface area contributed by atoms with Crippen molar-refractivity contribution in [3.63, 3.8) is 0 Å². The molecule has 0 saturated heterocycles. The second-order valence-electron chi connectivity index (χ2n) is 4.23. The first-order valence-corrected chi connectivity index (χ1v) is 7.75. The molecule has 0 spiro atoms. The molecular formula is C15H17BrS. The van der Waals surface area contributed by atoms with E-state index in [-0.39, 0.29) is 0 Å². The fourth-order valence-electron chi connectivity index (χ4n) is 1.83. The molecule has 17 heavy (non-hydrogen) atoms. The minimum atomic E-state index is 1.14. The average molecular weight is 309 g/mol. The predicted octanol–water partition coefficient (Wildman–Crippen LogP) is 5.91. The molecule has 0 unspecified atom stereocenters. The summed E-state index contributed by atoms with van der Waals surface area (Å²) in [5, 5.41) is 0. The maximum absolute atomic E-state index is 3.47. The van der Waals surface area contributed by atoms with Crippen LogP contribution in [0.4, 0.5) is 0 Å². The van der Waals surface area contributed by atoms with Gasteiger partial charge in [0.2, 0.25) is 0 Å². The molecule has 0 aliphatic heterocycles. The third kappa shape index (κ3) is 3.68. The van der Waals surface area contributed by atoms with Gasteiger partial charge in [0.05, 0.1) is 0 Å². The first-order chi connectivity index (χ1) is 8.29. The molecule has 0 amide bonds. The third-order valence-corrected chi connectivity index (χ3v) is 4.54. The lowest BCUT2D eigenvalue weighted by Crippen LogP contribution is -1.78. The van der Waals surface area contributed by atoms with Crippen molar-refractivity contribution in [2.75, 3.05) is 0 Å². The molecule has 0 radical (unpaired) electrons. The van der Waals surface area contributed by atoms with Crippen LogP contribution < -0.4 is 0 Å². The van der Waals surface area contributed by atoms with E-state index in [2.05, 4.69) is 59.3 Å². The van der Waals surface area contributed by atoms with Crippen molar-refractivity contribution in [3.8, 4) is 10.4 Å². The fourth-order valence-corrected chi connectivity index (χ4v) is 3.15. The molecule has 0 aliphatic carbocycles. The Balaban J connectivity index is 2.04. The van der Waals surface area contributed by atoms with Crippen molar-refractivity contribution in [1.82, 2.24) is 0 Å². The minimum absolute atomic E-state index is 1.14. The Morgan fingerprint density at radius 1 is 1.00 bits per heavy atom. The lowest BCUT2D eigenvalue weighted by atomic mass is 10.2. The Labute approximate surface area is 116 Å². The molecule has 2 heteroatoms. The van der Waals surface area contributed by atoms with Gasteiger partial charge in [-0.15, -0.1) is 11.3 Å². The van der Waals surface area contributed by atoms with E-state index in [1.54, 1.807) is 0 Å². The summed E-state index contributed by atoms with van der Waals surface area (Å²) in [7, 11) is 0. The second kappa shape index (κ2) is 6.36. The molecule has 0 nitrogen and oxygen atoms in total. The lowest BCUT2D eigenvalue weighted by Gasteiger charge is -1.97. The maximum Gasteiger partial charge on any atom is 0.0345 e. The number of thiophene rings is 1. The van der Waals surface area contributed by atoms with Gasteiger partial charge < -0.3 is 0 Å². The summed E-state index contributed by atoms with van der Waals surface area (Å²) in [5.41, 5.74) is 1.32. The molecule has 0 saturated carbocycles. The Morgan fingerprint density at radius 3 is 2.47 bits per heavy atom. The minimum Gasteiger partial charge on any atom is -0.140 e. The highest BCUT2D eigenvalue weighted by Gasteiger charge is 2.02. The zero-order chi connectivity index (χ0) is 12.1. The van der Waals surface area contributed by atoms with Crippen LogP contribution in [0.2, 0.25) is 0 Å². The molecule has 90 valence electrons. The maximum atomic E-state index is 3.47. The smallest absolute Gasteiger partial charge is 0.0345 e. The van der Waals surface area contributed by atoms with Crippen LogP contribution in [0, 0.1) is 0 Å². The van der Waals surface area contributed by atoms with E-state index >= 15 is 0 Å². The van der Waals surface area contributed by atoms with Crippen molar-refractivity contribution < 1.29 is 0 Å². The van der Waals surface area contributed by atoms with Gasteiger partial charge in [-0.2, -0.15) is 0 Å². The zero-order valence-corrected chi connectivity index (χ0v) is 12.5. The highest BCUT2D eigenvalue weighted by Crippen LogP contribution is 2.29. The van der Waals surface area contributed by atoms with Crippen LogP contribution in [0.3, 0.4) is 0 Å². The average Bonchev–Trinajstić information content (AvgIpc) is 2.79. The van der Waals surface area contributed by atoms with Gasteiger partial charge in [0.15, 0.2) is 0 Å². The van der Waals surface area contributed by atoms with Gasteiger partial charge in [-0.05, 0) is 42.7 Å². The summed E-state index contributed by atoms with van der Waals surface area (Å²) < 4.78 is 1.14. The van der Waals surface area contributed by atoms with Gasteiger partial charge in [0.25, 0.3) is 0 Å². The number of hydrogen-bond acceptors (Lipinski definition) is 1. The highest BCUT2D eigenvalue weighted by atomic mass is 79.9. The Bertz CT molecular complexity index is 456. The number of rotatable bonds is 5. The molecule has 2 aromatic rings. The summed E-state index contributed by atoms with van der Waals surface area (Å²) in [5.74, 6) is 0. The quantitative estimate of drug-likeness (QED) is 0.602. The van der Waals surface area contributed by atoms with E-state index < -0.39 is 0 Å². The van der Waals surface area contributed by atoms with Gasteiger partial charge in [-0.3, -0.25) is 0 Å². The van der Waals surface area contributed by atoms with Gasteiger partial charge in [0.1, 0.15) is 0 Å². The molecule has 2 rings (SSSR count). The molecule has 1 aromatic carbocycles. The summed E-state index contributed by atoms with van der Waals surface area (Å²) in [6.45, 7) is 2.25. The number of hydrogen-bond donors (Lipinski definition) is 0. The Kier molecular flexibility index (Phi) is 4.81. The molecule has 0 bridgehead atoms. The largest absolute Gasteiger partial charge is 0.140 e. The van der Waals surface area contributed by atoms with Crippen LogP contribution >= 0.6 is 27.3 Å². The molecule has 0 aliphatic rings. The van der Waals surface area contributed by atoms with Gasteiger partial charge in [-0.25, -0.2) is 0 Å². The summed E-state index contributed by atoms with van der Waals surface area (Å²) in [4.78, 5) is 2.89. The van der Waals surface area contributed by atoms with Crippen LogP contribution in [0.25, 0.3) is 10.4 Å². The predicted molar refractivity (Wildman–Crippen MR) is 80.7 cm³/mol. The Morgan fingerprint density at radius 2 is 1.76 bits per heavy atom. The fraction of sp³-hybridized carbons (Fsp3) is 0.333. The van der Waals surface area contributed by atoms with Crippen molar-refractivity contribution in [2.24, 2.45) is 0 Å². The Hall–Kier alpha value is -0.600. The lowest BCUT2D eigenvalue weighted by molar-refractivity contribution is 0.722. The molecular weight excluding hydrogens is 292 g/mol. The number of unbranched alkanes of at least 4 members (excludes halogenated alkanes) is 2. The number of benzene rings is 1. The van der Waals surface area contributed by atoms with E-state index in [0.717, 1.165) is 4.47 Å². The van der Waals surface area contributed by atoms with E-state index in [9.17, 15) is 0 Å². The second-order valence-corrected chi connectivity index (χ2v) is 6.31. The van der Waals surface area contributed by atoms with Crippen LogP contribution in [-0.4, -0.2) is 0 Å². The third-order valence-electron chi connectivity index (χ3n) is 2.82. The van der Waals surface area contributed by atoms with E-state index in [4.69, 9.17) is 0 Å². The first kappa shape index (κ1) is 12.8. The monoisotopic (exact) mass is 308 g/mol. The van der Waals surface area contributed by atoms with Crippen LogP contribution in [0.5, 0.6) is 0 Å². The van der Waals surface area contributed by atoms with Crippen molar-refractivity contribution >= 4 is 27.3 Å². The summed E-state index contributed by atoms with van der Waals surface area (Å²) >= 11 is 5.40. The van der Waals surface area contributed by atoms with Gasteiger partial charge in [-0.1, -0.05) is 47.8 Å². The number of halogens is 1. The first-order valence-electron chi connectivity index (χ1n) is 6.14. The van der Waals surface area contributed by atoms with Crippen LogP contribution in [0.1, 0.15) is 31.1 Å². The molecule has 0 atom stereocenters. The van der Waals surface area contributed by atoms with Crippen molar-refractivity contribution in [1.29, 1.82) is 0 Å². The summed E-state index contributed by atoms with van der Waals surface area (Å²) in [6.07, 6.45) is 5.18. The summed E-state index contributed by atoms with van der Waals surface area (Å²) in [6, 6.07) is 13.1. The molecule has 1 aromatic heterocycles. The highest BCUT2D eigenvalue weighted by molar-refractivity contribution is 9.10. The van der Waals surface area contributed by atoms with E-state index in [1.807, 2.05) is 11.3 Å². The van der Waals surface area contributed by atoms with Gasteiger partial charge >= 0.3 is 0 Å². The zero-order valence-electron chi connectivity index (χ0n) is 10.1. The van der Waals surface area contributed by atoms with Crippen molar-refractivity contribution in [3.05, 3.63) is 45.7 Å². The molecule has 0 N–H and O–H groups in total. The van der Waals surface area contributed by atoms with E-state index in [1.165, 1.54) is 41.0 Å². The number of aryl methyl sites for hydroxylation is 1. The van der Waals surface area contributed by atoms with Crippen LogP contribution in [-0.2, 0) is 6.42 Å². The van der Waals surface area contributed by atoms with Gasteiger partial charge in [0, 0.05) is 14.2 Å². The van der Waals surface area contributed by atoms with E-state index in [0.29, 0.717) is 0 Å². The molecule has 0 fully saturated rings. The molecule has 1 heterocycles. The topological polar surface area (TPSA) is 0 Å². The normalized spacial score (nSPS) is 10.7.